The van der Waals surface area contributed by atoms with Crippen LogP contribution in [0.15, 0.2) is 66.9 Å². The van der Waals surface area contributed by atoms with Crippen molar-refractivity contribution in [2.24, 2.45) is 0 Å². The fourth-order valence-corrected chi connectivity index (χ4v) is 2.47. The molecule has 0 bridgehead atoms. The molecule has 2 aromatic heterocycles. The molecule has 0 saturated carbocycles. The van der Waals surface area contributed by atoms with Crippen molar-refractivity contribution in [2.75, 3.05) is 5.73 Å². The predicted octanol–water partition coefficient (Wildman–Crippen LogP) is 3.45. The zero-order valence-electron chi connectivity index (χ0n) is 11.8. The lowest BCUT2D eigenvalue weighted by molar-refractivity contribution is 0.949. The smallest absolute Gasteiger partial charge is 0.154 e. The largest absolute Gasteiger partial charge is 0.399 e. The third kappa shape index (κ3) is 2.11. The van der Waals surface area contributed by atoms with Gasteiger partial charge in [0.15, 0.2) is 5.65 Å². The van der Waals surface area contributed by atoms with Crippen molar-refractivity contribution in [3.05, 3.63) is 72.9 Å². The highest BCUT2D eigenvalue weighted by Gasteiger charge is 2.08. The topological polar surface area (TPSA) is 56.2 Å². The van der Waals surface area contributed by atoms with Crippen molar-refractivity contribution in [3.8, 4) is 22.5 Å². The second-order valence-corrected chi connectivity index (χ2v) is 5.05. The molecule has 4 heteroatoms. The summed E-state index contributed by atoms with van der Waals surface area (Å²) in [4.78, 5) is 4.41. The first-order valence-electron chi connectivity index (χ1n) is 6.98. The van der Waals surface area contributed by atoms with Gasteiger partial charge in [0.05, 0.1) is 17.6 Å². The Bertz CT molecular complexity index is 942. The molecule has 0 aliphatic carbocycles. The first-order valence-corrected chi connectivity index (χ1v) is 6.98. The number of fused-ring (bicyclic) bond motifs is 1. The molecular formula is C18H13N4. The van der Waals surface area contributed by atoms with Crippen LogP contribution in [0, 0.1) is 6.07 Å². The molecule has 0 spiro atoms. The van der Waals surface area contributed by atoms with Crippen molar-refractivity contribution in [1.82, 2.24) is 14.6 Å². The summed E-state index contributed by atoms with van der Waals surface area (Å²) in [5, 5.41) is 4.71. The number of nitrogen functional groups attached to an aromatic ring is 1. The van der Waals surface area contributed by atoms with Crippen molar-refractivity contribution in [1.29, 1.82) is 0 Å². The van der Waals surface area contributed by atoms with Crippen LogP contribution in [0.1, 0.15) is 0 Å². The Labute approximate surface area is 127 Å². The second-order valence-electron chi connectivity index (χ2n) is 5.05. The number of nitrogens with zero attached hydrogens (tertiary/aromatic N) is 3. The second kappa shape index (κ2) is 5.00. The molecule has 22 heavy (non-hydrogen) atoms. The lowest BCUT2D eigenvalue weighted by Crippen LogP contribution is -1.97. The highest BCUT2D eigenvalue weighted by Crippen LogP contribution is 2.23. The van der Waals surface area contributed by atoms with E-state index in [4.69, 9.17) is 10.8 Å². The molecule has 0 aliphatic heterocycles. The highest BCUT2D eigenvalue weighted by atomic mass is 15.3. The summed E-state index contributed by atoms with van der Waals surface area (Å²) in [6.07, 6.45) is 1.83. The quantitative estimate of drug-likeness (QED) is 0.574. The van der Waals surface area contributed by atoms with E-state index in [1.54, 1.807) is 0 Å². The number of hydrogen-bond acceptors (Lipinski definition) is 3. The van der Waals surface area contributed by atoms with Gasteiger partial charge < -0.3 is 5.73 Å². The van der Waals surface area contributed by atoms with Gasteiger partial charge in [0.25, 0.3) is 0 Å². The van der Waals surface area contributed by atoms with Gasteiger partial charge in [-0.15, -0.1) is 0 Å². The van der Waals surface area contributed by atoms with Gasteiger partial charge in [-0.2, -0.15) is 5.10 Å². The zero-order valence-corrected chi connectivity index (χ0v) is 11.8. The molecule has 0 amide bonds. The lowest BCUT2D eigenvalue weighted by Gasteiger charge is -2.05. The Morgan fingerprint density at radius 1 is 1.00 bits per heavy atom. The molecule has 2 N–H and O–H groups in total. The molecule has 0 aliphatic rings. The van der Waals surface area contributed by atoms with E-state index in [0.29, 0.717) is 0 Å². The Morgan fingerprint density at radius 3 is 2.73 bits per heavy atom. The van der Waals surface area contributed by atoms with Gasteiger partial charge in [-0.1, -0.05) is 30.3 Å². The summed E-state index contributed by atoms with van der Waals surface area (Å²) >= 11 is 0. The van der Waals surface area contributed by atoms with Crippen molar-refractivity contribution in [2.45, 2.75) is 0 Å². The van der Waals surface area contributed by atoms with E-state index in [2.05, 4.69) is 11.1 Å². The minimum Gasteiger partial charge on any atom is -0.399 e. The van der Waals surface area contributed by atoms with Gasteiger partial charge in [-0.25, -0.2) is 9.50 Å². The molecule has 4 rings (SSSR count). The zero-order chi connectivity index (χ0) is 14.9. The van der Waals surface area contributed by atoms with Crippen LogP contribution in [0.3, 0.4) is 0 Å². The van der Waals surface area contributed by atoms with Crippen LogP contribution in [0.5, 0.6) is 0 Å². The van der Waals surface area contributed by atoms with E-state index in [1.165, 1.54) is 0 Å². The van der Waals surface area contributed by atoms with Crippen LogP contribution in [-0.4, -0.2) is 14.6 Å². The van der Waals surface area contributed by atoms with E-state index in [9.17, 15) is 0 Å². The maximum atomic E-state index is 5.86. The fourth-order valence-electron chi connectivity index (χ4n) is 2.47. The van der Waals surface area contributed by atoms with Crippen LogP contribution in [0.2, 0.25) is 0 Å². The Hall–Kier alpha value is -3.14. The van der Waals surface area contributed by atoms with E-state index in [1.807, 2.05) is 71.4 Å². The molecule has 0 fully saturated rings. The summed E-state index contributed by atoms with van der Waals surface area (Å²) in [5.74, 6) is 0. The number of anilines is 1. The molecule has 4 aromatic rings. The Morgan fingerprint density at radius 2 is 1.91 bits per heavy atom. The maximum Gasteiger partial charge on any atom is 0.154 e. The van der Waals surface area contributed by atoms with Crippen LogP contribution in [0.4, 0.5) is 5.69 Å². The average Bonchev–Trinajstić information content (AvgIpc) is 2.99. The van der Waals surface area contributed by atoms with Gasteiger partial charge >= 0.3 is 0 Å². The standard InChI is InChI=1S/C18H13N4/c19-15-8-4-7-14(11-15)16-9-10-18-20-12-17(22(18)21-16)13-5-2-1-3-6-13/h1-2,4-12H,19H2. The minimum absolute atomic E-state index is 0.725. The third-order valence-electron chi connectivity index (χ3n) is 3.55. The molecule has 0 unspecified atom stereocenters. The Balaban J connectivity index is 1.90. The van der Waals surface area contributed by atoms with Crippen molar-refractivity contribution < 1.29 is 0 Å². The normalized spacial score (nSPS) is 10.9. The van der Waals surface area contributed by atoms with Crippen LogP contribution >= 0.6 is 0 Å². The van der Waals surface area contributed by atoms with Gasteiger partial charge in [0.1, 0.15) is 0 Å². The molecule has 0 saturated heterocycles. The third-order valence-corrected chi connectivity index (χ3v) is 3.55. The maximum absolute atomic E-state index is 5.86. The molecule has 2 heterocycles. The molecule has 1 radical (unpaired) electrons. The molecule has 0 atom stereocenters. The number of rotatable bonds is 2. The van der Waals surface area contributed by atoms with Gasteiger partial charge in [-0.05, 0) is 36.4 Å². The monoisotopic (exact) mass is 285 g/mol. The lowest BCUT2D eigenvalue weighted by atomic mass is 10.1. The number of imidazole rings is 1. The summed E-state index contributed by atoms with van der Waals surface area (Å²) < 4.78 is 1.85. The molecule has 2 aromatic carbocycles. The number of hydrogen-bond donors (Lipinski definition) is 1. The van der Waals surface area contributed by atoms with Crippen molar-refractivity contribution >= 4 is 11.3 Å². The van der Waals surface area contributed by atoms with Crippen LogP contribution < -0.4 is 5.73 Å². The van der Waals surface area contributed by atoms with E-state index in [-0.39, 0.29) is 0 Å². The summed E-state index contributed by atoms with van der Waals surface area (Å²) in [7, 11) is 0. The van der Waals surface area contributed by atoms with Gasteiger partial charge in [0.2, 0.25) is 0 Å². The van der Waals surface area contributed by atoms with E-state index < -0.39 is 0 Å². The fraction of sp³-hybridized carbons (Fsp3) is 0. The number of benzene rings is 2. The minimum atomic E-state index is 0.725. The van der Waals surface area contributed by atoms with Gasteiger partial charge in [-0.3, -0.25) is 0 Å². The summed E-state index contributed by atoms with van der Waals surface area (Å²) in [5.41, 5.74) is 11.2. The van der Waals surface area contributed by atoms with E-state index in [0.717, 1.165) is 33.8 Å². The summed E-state index contributed by atoms with van der Waals surface area (Å²) in [6.45, 7) is 0. The highest BCUT2D eigenvalue weighted by molar-refractivity contribution is 5.67. The number of nitrogens with two attached hydrogens (primary N) is 1. The first kappa shape index (κ1) is 12.6. The van der Waals surface area contributed by atoms with Crippen LogP contribution in [-0.2, 0) is 0 Å². The first-order chi connectivity index (χ1) is 10.8. The van der Waals surface area contributed by atoms with Crippen molar-refractivity contribution in [3.63, 3.8) is 0 Å². The number of aromatic nitrogens is 3. The molecule has 4 nitrogen and oxygen atoms in total. The van der Waals surface area contributed by atoms with E-state index >= 15 is 0 Å². The SMILES string of the molecule is Nc1cccc(-c2ccc3ncc(-c4c[c]ccc4)n3n2)c1. The summed E-state index contributed by atoms with van der Waals surface area (Å²) in [6, 6.07) is 22.5. The molecule has 105 valence electrons. The predicted molar refractivity (Wildman–Crippen MR) is 87.1 cm³/mol. The van der Waals surface area contributed by atoms with Crippen LogP contribution in [0.25, 0.3) is 28.2 Å². The molecular weight excluding hydrogens is 272 g/mol. The average molecular weight is 285 g/mol. The van der Waals surface area contributed by atoms with Gasteiger partial charge in [0, 0.05) is 16.8 Å². The Kier molecular flexibility index (Phi) is 2.86.